The molecule has 1 aromatic carbocycles. The molecule has 0 aliphatic carbocycles. The van der Waals surface area contributed by atoms with Crippen molar-refractivity contribution < 1.29 is 22.7 Å². The summed E-state index contributed by atoms with van der Waals surface area (Å²) in [6.45, 7) is 5.51. The van der Waals surface area contributed by atoms with Gasteiger partial charge in [0.2, 0.25) is 0 Å². The van der Waals surface area contributed by atoms with Crippen molar-refractivity contribution in [1.82, 2.24) is 9.78 Å². The van der Waals surface area contributed by atoms with Crippen LogP contribution in [0.15, 0.2) is 36.5 Å². The zero-order valence-corrected chi connectivity index (χ0v) is 13.5. The summed E-state index contributed by atoms with van der Waals surface area (Å²) in [7, 11) is 0. The first-order valence-electron chi connectivity index (χ1n) is 7.31. The molecule has 0 atom stereocenters. The van der Waals surface area contributed by atoms with E-state index in [0.29, 0.717) is 17.0 Å². The van der Waals surface area contributed by atoms with Crippen molar-refractivity contribution in [3.05, 3.63) is 53.4 Å². The summed E-state index contributed by atoms with van der Waals surface area (Å²) in [6, 6.07) is 4.72. The van der Waals surface area contributed by atoms with Gasteiger partial charge in [0.25, 0.3) is 0 Å². The van der Waals surface area contributed by atoms with Crippen LogP contribution in [0.1, 0.15) is 30.7 Å². The Labute approximate surface area is 137 Å². The van der Waals surface area contributed by atoms with Gasteiger partial charge in [-0.1, -0.05) is 0 Å². The highest BCUT2D eigenvalue weighted by Gasteiger charge is 2.30. The number of ether oxygens (including phenoxy) is 1. The molecule has 128 valence electrons. The molecule has 0 amide bonds. The quantitative estimate of drug-likeness (QED) is 0.621. The number of aryl methyl sites for hydroxylation is 1. The Balaban J connectivity index is 2.30. The Hall–Kier alpha value is -2.57. The van der Waals surface area contributed by atoms with E-state index < -0.39 is 17.7 Å². The maximum absolute atomic E-state index is 12.6. The van der Waals surface area contributed by atoms with Gasteiger partial charge >= 0.3 is 12.1 Å². The number of aromatic nitrogens is 2. The minimum atomic E-state index is -4.37. The van der Waals surface area contributed by atoms with Crippen LogP contribution in [0.4, 0.5) is 13.2 Å². The Kier molecular flexibility index (Phi) is 5.11. The fourth-order valence-corrected chi connectivity index (χ4v) is 2.22. The van der Waals surface area contributed by atoms with Crippen molar-refractivity contribution in [2.45, 2.75) is 26.9 Å². The highest BCUT2D eigenvalue weighted by Crippen LogP contribution is 2.29. The van der Waals surface area contributed by atoms with Crippen LogP contribution < -0.4 is 0 Å². The van der Waals surface area contributed by atoms with E-state index in [2.05, 4.69) is 5.10 Å². The second-order valence-corrected chi connectivity index (χ2v) is 5.20. The summed E-state index contributed by atoms with van der Waals surface area (Å²) in [4.78, 5) is 11.5. The third kappa shape index (κ3) is 4.04. The topological polar surface area (TPSA) is 44.1 Å². The number of hydrogen-bond donors (Lipinski definition) is 0. The van der Waals surface area contributed by atoms with Gasteiger partial charge in [0.1, 0.15) is 0 Å². The van der Waals surface area contributed by atoms with E-state index in [9.17, 15) is 18.0 Å². The van der Waals surface area contributed by atoms with Gasteiger partial charge in [0.15, 0.2) is 0 Å². The van der Waals surface area contributed by atoms with Crippen LogP contribution in [0.2, 0.25) is 0 Å². The van der Waals surface area contributed by atoms with Crippen molar-refractivity contribution in [3.63, 3.8) is 0 Å². The van der Waals surface area contributed by atoms with Gasteiger partial charge in [-0.05, 0) is 50.6 Å². The lowest BCUT2D eigenvalue weighted by Gasteiger charge is -2.07. The summed E-state index contributed by atoms with van der Waals surface area (Å²) >= 11 is 0. The normalized spacial score (nSPS) is 12.3. The average molecular weight is 338 g/mol. The molecule has 2 aromatic rings. The number of carbonyl (C=O) groups excluding carboxylic acids is 1. The van der Waals surface area contributed by atoms with Crippen LogP contribution in [-0.4, -0.2) is 22.4 Å². The standard InChI is InChI=1S/C17H17F3N2O2/c1-4-24-16(23)9-11(2)15-10-22(21-12(15)3)14-7-5-13(6-8-14)17(18,19)20/h5-10H,4H2,1-3H3. The Morgan fingerprint density at radius 1 is 1.29 bits per heavy atom. The molecule has 2 rings (SSSR count). The predicted octanol–water partition coefficient (Wildman–Crippen LogP) is 4.17. The van der Waals surface area contributed by atoms with Crippen LogP contribution in [-0.2, 0) is 15.7 Å². The van der Waals surface area contributed by atoms with E-state index in [-0.39, 0.29) is 6.61 Å². The molecule has 0 unspecified atom stereocenters. The monoisotopic (exact) mass is 338 g/mol. The van der Waals surface area contributed by atoms with Crippen LogP contribution in [0.3, 0.4) is 0 Å². The molecular weight excluding hydrogens is 321 g/mol. The maximum Gasteiger partial charge on any atom is 0.416 e. The average Bonchev–Trinajstić information content (AvgIpc) is 2.89. The minimum Gasteiger partial charge on any atom is -0.463 e. The molecule has 0 fully saturated rings. The molecule has 0 aliphatic heterocycles. The van der Waals surface area contributed by atoms with Gasteiger partial charge in [-0.3, -0.25) is 0 Å². The Morgan fingerprint density at radius 2 is 1.92 bits per heavy atom. The van der Waals surface area contributed by atoms with E-state index in [1.165, 1.54) is 22.9 Å². The highest BCUT2D eigenvalue weighted by atomic mass is 19.4. The molecule has 24 heavy (non-hydrogen) atoms. The molecule has 7 heteroatoms. The van der Waals surface area contributed by atoms with E-state index in [4.69, 9.17) is 4.74 Å². The first kappa shape index (κ1) is 17.8. The summed E-state index contributed by atoms with van der Waals surface area (Å²) in [5.74, 6) is -0.448. The zero-order valence-electron chi connectivity index (χ0n) is 13.5. The molecule has 0 aliphatic rings. The Morgan fingerprint density at radius 3 is 2.46 bits per heavy atom. The van der Waals surface area contributed by atoms with Crippen molar-refractivity contribution in [1.29, 1.82) is 0 Å². The van der Waals surface area contributed by atoms with Gasteiger partial charge in [-0.15, -0.1) is 0 Å². The second-order valence-electron chi connectivity index (χ2n) is 5.20. The van der Waals surface area contributed by atoms with Crippen molar-refractivity contribution in [2.75, 3.05) is 6.61 Å². The maximum atomic E-state index is 12.6. The number of alkyl halides is 3. The molecule has 0 saturated carbocycles. The zero-order chi connectivity index (χ0) is 17.9. The largest absolute Gasteiger partial charge is 0.463 e. The third-order valence-electron chi connectivity index (χ3n) is 3.40. The Bertz CT molecular complexity index is 759. The number of benzene rings is 1. The van der Waals surface area contributed by atoms with Gasteiger partial charge in [0.05, 0.1) is 23.6 Å². The molecule has 1 heterocycles. The van der Waals surface area contributed by atoms with Gasteiger partial charge in [-0.2, -0.15) is 18.3 Å². The molecule has 0 bridgehead atoms. The SMILES string of the molecule is CCOC(=O)C=C(C)c1cn(-c2ccc(C(F)(F)F)cc2)nc1C. The summed E-state index contributed by atoms with van der Waals surface area (Å²) in [5, 5.41) is 4.29. The van der Waals surface area contributed by atoms with E-state index in [1.54, 1.807) is 27.0 Å². The first-order valence-corrected chi connectivity index (χ1v) is 7.31. The molecule has 0 radical (unpaired) electrons. The predicted molar refractivity (Wildman–Crippen MR) is 83.6 cm³/mol. The lowest BCUT2D eigenvalue weighted by molar-refractivity contribution is -0.138. The van der Waals surface area contributed by atoms with Crippen molar-refractivity contribution in [3.8, 4) is 5.69 Å². The van der Waals surface area contributed by atoms with Crippen LogP contribution in [0.25, 0.3) is 11.3 Å². The molecule has 0 N–H and O–H groups in total. The molecule has 1 aromatic heterocycles. The number of nitrogens with zero attached hydrogens (tertiary/aromatic N) is 2. The number of rotatable bonds is 4. The van der Waals surface area contributed by atoms with Gasteiger partial charge in [0, 0.05) is 17.8 Å². The number of halogens is 3. The smallest absolute Gasteiger partial charge is 0.416 e. The van der Waals surface area contributed by atoms with E-state index in [0.717, 1.165) is 17.7 Å². The van der Waals surface area contributed by atoms with Crippen LogP contribution in [0, 0.1) is 6.92 Å². The highest BCUT2D eigenvalue weighted by molar-refractivity contribution is 5.91. The van der Waals surface area contributed by atoms with Crippen molar-refractivity contribution >= 4 is 11.5 Å². The number of hydrogen-bond acceptors (Lipinski definition) is 3. The number of carbonyl (C=O) groups is 1. The van der Waals surface area contributed by atoms with Crippen LogP contribution >= 0.6 is 0 Å². The van der Waals surface area contributed by atoms with Gasteiger partial charge < -0.3 is 4.74 Å². The number of allylic oxidation sites excluding steroid dienone is 1. The molecule has 4 nitrogen and oxygen atoms in total. The lowest BCUT2D eigenvalue weighted by atomic mass is 10.1. The molecule has 0 saturated heterocycles. The number of esters is 1. The van der Waals surface area contributed by atoms with Gasteiger partial charge in [-0.25, -0.2) is 9.48 Å². The van der Waals surface area contributed by atoms with Crippen molar-refractivity contribution in [2.24, 2.45) is 0 Å². The van der Waals surface area contributed by atoms with E-state index in [1.807, 2.05) is 0 Å². The summed E-state index contributed by atoms with van der Waals surface area (Å²) in [6.07, 6.45) is -1.34. The molecular formula is C17H17F3N2O2. The minimum absolute atomic E-state index is 0.284. The van der Waals surface area contributed by atoms with E-state index >= 15 is 0 Å². The lowest BCUT2D eigenvalue weighted by Crippen LogP contribution is -2.05. The second kappa shape index (κ2) is 6.90. The fourth-order valence-electron chi connectivity index (χ4n) is 2.22. The summed E-state index contributed by atoms with van der Waals surface area (Å²) in [5.41, 5.74) is 1.84. The van der Waals surface area contributed by atoms with Crippen LogP contribution in [0.5, 0.6) is 0 Å². The first-order chi connectivity index (χ1) is 11.2. The fraction of sp³-hybridized carbons (Fsp3) is 0.294. The molecule has 0 spiro atoms. The third-order valence-corrected chi connectivity index (χ3v) is 3.40. The summed E-state index contributed by atoms with van der Waals surface area (Å²) < 4.78 is 44.2.